The number of rotatable bonds is 8. The number of halogens is 2. The Hall–Kier alpha value is -3.98. The molecule has 0 unspecified atom stereocenters. The Labute approximate surface area is 194 Å². The summed E-state index contributed by atoms with van der Waals surface area (Å²) in [6, 6.07) is 11.5. The van der Waals surface area contributed by atoms with E-state index in [1.165, 1.54) is 19.4 Å². The number of anilines is 2. The van der Waals surface area contributed by atoms with Crippen molar-refractivity contribution in [3.8, 4) is 5.75 Å². The highest BCUT2D eigenvalue weighted by atomic mass is 35.5. The molecule has 0 radical (unpaired) electrons. The zero-order valence-electron chi connectivity index (χ0n) is 17.5. The fraction of sp³-hybridized carbons (Fsp3) is 0.130. The maximum Gasteiger partial charge on any atom is 0.257 e. The van der Waals surface area contributed by atoms with Crippen LogP contribution < -0.4 is 20.7 Å². The van der Waals surface area contributed by atoms with Crippen LogP contribution in [-0.4, -0.2) is 36.4 Å². The lowest BCUT2D eigenvalue weighted by Gasteiger charge is -2.13. The van der Waals surface area contributed by atoms with Gasteiger partial charge < -0.3 is 20.7 Å². The summed E-state index contributed by atoms with van der Waals surface area (Å²) in [4.78, 5) is 40.6. The van der Waals surface area contributed by atoms with Crippen molar-refractivity contribution in [2.45, 2.75) is 6.42 Å². The van der Waals surface area contributed by atoms with Crippen LogP contribution in [0.1, 0.15) is 27.1 Å². The quantitative estimate of drug-likeness (QED) is 0.462. The molecule has 10 heteroatoms. The molecule has 3 N–H and O–H groups in total. The standard InChI is InChI=1S/C23H20ClFN4O4/c1-33-20-12-16(5-7-19(20)29-22(31)14-3-2-9-26-13-14)28-21(30)8-10-27-23(32)17-6-4-15(25)11-18(17)24/h2-7,9,11-13H,8,10H2,1H3,(H,27,32)(H,28,30)(H,29,31). The number of amides is 3. The summed E-state index contributed by atoms with van der Waals surface area (Å²) in [5, 5.41) is 7.97. The van der Waals surface area contributed by atoms with Crippen LogP contribution >= 0.6 is 11.6 Å². The van der Waals surface area contributed by atoms with E-state index in [1.807, 2.05) is 0 Å². The van der Waals surface area contributed by atoms with Crippen molar-refractivity contribution in [1.29, 1.82) is 0 Å². The van der Waals surface area contributed by atoms with Crippen molar-refractivity contribution in [2.24, 2.45) is 0 Å². The first-order chi connectivity index (χ1) is 15.9. The fourth-order valence-corrected chi connectivity index (χ4v) is 3.10. The fourth-order valence-electron chi connectivity index (χ4n) is 2.85. The van der Waals surface area contributed by atoms with E-state index in [1.54, 1.807) is 36.5 Å². The van der Waals surface area contributed by atoms with Crippen molar-refractivity contribution in [1.82, 2.24) is 10.3 Å². The second-order valence-electron chi connectivity index (χ2n) is 6.79. The summed E-state index contributed by atoms with van der Waals surface area (Å²) in [5.74, 6) is -1.41. The van der Waals surface area contributed by atoms with E-state index in [4.69, 9.17) is 16.3 Å². The third-order valence-electron chi connectivity index (χ3n) is 4.47. The summed E-state index contributed by atoms with van der Waals surface area (Å²) in [5.41, 5.74) is 1.38. The topological polar surface area (TPSA) is 109 Å². The molecule has 3 amide bonds. The first-order valence-electron chi connectivity index (χ1n) is 9.80. The summed E-state index contributed by atoms with van der Waals surface area (Å²) in [7, 11) is 1.44. The molecule has 0 saturated heterocycles. The lowest BCUT2D eigenvalue weighted by molar-refractivity contribution is -0.116. The normalized spacial score (nSPS) is 10.3. The number of hydrogen-bond acceptors (Lipinski definition) is 5. The van der Waals surface area contributed by atoms with Crippen LogP contribution in [0.15, 0.2) is 60.9 Å². The van der Waals surface area contributed by atoms with E-state index >= 15 is 0 Å². The van der Waals surface area contributed by atoms with Crippen LogP contribution in [0.2, 0.25) is 5.02 Å². The molecule has 33 heavy (non-hydrogen) atoms. The largest absolute Gasteiger partial charge is 0.494 e. The van der Waals surface area contributed by atoms with Gasteiger partial charge in [0.05, 0.1) is 28.9 Å². The number of aromatic nitrogens is 1. The number of ether oxygens (including phenoxy) is 1. The van der Waals surface area contributed by atoms with E-state index < -0.39 is 11.7 Å². The zero-order valence-corrected chi connectivity index (χ0v) is 18.3. The van der Waals surface area contributed by atoms with Gasteiger partial charge in [0, 0.05) is 37.1 Å². The van der Waals surface area contributed by atoms with Gasteiger partial charge in [0.15, 0.2) is 0 Å². The van der Waals surface area contributed by atoms with Crippen LogP contribution in [0.5, 0.6) is 5.75 Å². The van der Waals surface area contributed by atoms with Gasteiger partial charge in [-0.25, -0.2) is 4.39 Å². The lowest BCUT2D eigenvalue weighted by Crippen LogP contribution is -2.27. The van der Waals surface area contributed by atoms with Crippen molar-refractivity contribution in [2.75, 3.05) is 24.3 Å². The van der Waals surface area contributed by atoms with Crippen LogP contribution in [-0.2, 0) is 4.79 Å². The van der Waals surface area contributed by atoms with Gasteiger partial charge in [-0.15, -0.1) is 0 Å². The molecule has 1 heterocycles. The highest BCUT2D eigenvalue weighted by molar-refractivity contribution is 6.33. The third-order valence-corrected chi connectivity index (χ3v) is 4.78. The molecule has 2 aromatic carbocycles. The number of nitrogens with one attached hydrogen (secondary N) is 3. The molecule has 0 atom stereocenters. The predicted molar refractivity (Wildman–Crippen MR) is 122 cm³/mol. The van der Waals surface area contributed by atoms with Gasteiger partial charge in [0.1, 0.15) is 11.6 Å². The number of pyridine rings is 1. The molecule has 3 aromatic rings. The maximum absolute atomic E-state index is 13.1. The minimum Gasteiger partial charge on any atom is -0.494 e. The number of hydrogen-bond donors (Lipinski definition) is 3. The Kier molecular flexibility index (Phi) is 7.93. The number of carbonyl (C=O) groups is 3. The molecule has 3 rings (SSSR count). The Balaban J connectivity index is 1.54. The first kappa shape index (κ1) is 23.7. The van der Waals surface area contributed by atoms with E-state index in [-0.39, 0.29) is 35.4 Å². The first-order valence-corrected chi connectivity index (χ1v) is 10.2. The molecule has 0 saturated carbocycles. The summed E-state index contributed by atoms with van der Waals surface area (Å²) in [6.45, 7) is 0.0504. The van der Waals surface area contributed by atoms with Crippen molar-refractivity contribution < 1.29 is 23.5 Å². The van der Waals surface area contributed by atoms with Gasteiger partial charge in [-0.3, -0.25) is 19.4 Å². The Bertz CT molecular complexity index is 1170. The lowest BCUT2D eigenvalue weighted by atomic mass is 10.2. The molecule has 0 aliphatic carbocycles. The average molecular weight is 471 g/mol. The molecule has 0 aliphatic heterocycles. The molecular weight excluding hydrogens is 451 g/mol. The Morgan fingerprint density at radius 3 is 2.58 bits per heavy atom. The summed E-state index contributed by atoms with van der Waals surface area (Å²) >= 11 is 5.86. The van der Waals surface area contributed by atoms with Crippen LogP contribution in [0.25, 0.3) is 0 Å². The second-order valence-corrected chi connectivity index (χ2v) is 7.20. The highest BCUT2D eigenvalue weighted by Gasteiger charge is 2.13. The highest BCUT2D eigenvalue weighted by Crippen LogP contribution is 2.28. The minimum atomic E-state index is -0.547. The zero-order chi connectivity index (χ0) is 23.8. The summed E-state index contributed by atoms with van der Waals surface area (Å²) < 4.78 is 18.4. The molecule has 8 nitrogen and oxygen atoms in total. The van der Waals surface area contributed by atoms with Gasteiger partial charge in [0.2, 0.25) is 5.91 Å². The smallest absolute Gasteiger partial charge is 0.257 e. The number of nitrogens with zero attached hydrogens (tertiary/aromatic N) is 1. The van der Waals surface area contributed by atoms with Gasteiger partial charge in [-0.05, 0) is 42.5 Å². The molecular formula is C23H20ClFN4O4. The molecule has 170 valence electrons. The predicted octanol–water partition coefficient (Wildman–Crippen LogP) is 3.89. The van der Waals surface area contributed by atoms with Crippen molar-refractivity contribution in [3.63, 3.8) is 0 Å². The maximum atomic E-state index is 13.1. The van der Waals surface area contributed by atoms with Crippen LogP contribution in [0, 0.1) is 5.82 Å². The molecule has 0 aliphatic rings. The second kappa shape index (κ2) is 11.1. The Morgan fingerprint density at radius 1 is 1.06 bits per heavy atom. The van der Waals surface area contributed by atoms with E-state index in [9.17, 15) is 18.8 Å². The number of methoxy groups -OCH3 is 1. The van der Waals surface area contributed by atoms with E-state index in [0.29, 0.717) is 22.7 Å². The minimum absolute atomic E-state index is 0.00758. The molecule has 0 spiro atoms. The van der Waals surface area contributed by atoms with Gasteiger partial charge in [-0.2, -0.15) is 0 Å². The SMILES string of the molecule is COc1cc(NC(=O)CCNC(=O)c2ccc(F)cc2Cl)ccc1NC(=O)c1cccnc1. The van der Waals surface area contributed by atoms with Gasteiger partial charge in [-0.1, -0.05) is 11.6 Å². The average Bonchev–Trinajstić information content (AvgIpc) is 2.80. The van der Waals surface area contributed by atoms with E-state index in [0.717, 1.165) is 12.1 Å². The van der Waals surface area contributed by atoms with Crippen LogP contribution in [0.4, 0.5) is 15.8 Å². The number of carbonyl (C=O) groups excluding carboxylic acids is 3. The molecule has 0 bridgehead atoms. The van der Waals surface area contributed by atoms with Crippen molar-refractivity contribution >= 4 is 40.7 Å². The van der Waals surface area contributed by atoms with E-state index in [2.05, 4.69) is 20.9 Å². The molecule has 0 fully saturated rings. The van der Waals surface area contributed by atoms with Gasteiger partial charge >= 0.3 is 0 Å². The van der Waals surface area contributed by atoms with Crippen LogP contribution in [0.3, 0.4) is 0 Å². The van der Waals surface area contributed by atoms with Crippen molar-refractivity contribution in [3.05, 3.63) is 82.9 Å². The summed E-state index contributed by atoms with van der Waals surface area (Å²) in [6.07, 6.45) is 3.00. The monoisotopic (exact) mass is 470 g/mol. The third kappa shape index (κ3) is 6.50. The Morgan fingerprint density at radius 2 is 1.88 bits per heavy atom. The number of benzene rings is 2. The molecule has 1 aromatic heterocycles. The van der Waals surface area contributed by atoms with Gasteiger partial charge in [0.25, 0.3) is 11.8 Å².